The molecule has 0 fully saturated rings. The second-order valence-corrected chi connectivity index (χ2v) is 13.9. The van der Waals surface area contributed by atoms with E-state index in [9.17, 15) is 18.0 Å². The number of carbonyl (C=O) groups is 2. The monoisotopic (exact) mass is 647 g/mol. The maximum absolute atomic E-state index is 14.5. The van der Waals surface area contributed by atoms with E-state index in [1.54, 1.807) is 66.7 Å². The largest absolute Gasteiger partial charge is 0.497 e. The molecule has 0 aliphatic carbocycles. The van der Waals surface area contributed by atoms with Crippen LogP contribution in [0.25, 0.3) is 0 Å². The van der Waals surface area contributed by atoms with Crippen LogP contribution in [0.2, 0.25) is 5.02 Å². The van der Waals surface area contributed by atoms with Crippen molar-refractivity contribution in [2.75, 3.05) is 18.0 Å². The second-order valence-electron chi connectivity index (χ2n) is 11.6. The van der Waals surface area contributed by atoms with Gasteiger partial charge in [0.2, 0.25) is 11.8 Å². The first-order valence-electron chi connectivity index (χ1n) is 14.5. The molecule has 236 valence electrons. The van der Waals surface area contributed by atoms with E-state index in [1.807, 2.05) is 51.1 Å². The Hall–Kier alpha value is -4.34. The SMILES string of the molecule is COc1cccc(N(CC(=O)N(Cc2ccc(Cl)cc2)[C@H](Cc2ccccc2)C(=O)NC(C)(C)C)S(=O)(=O)c2ccccc2)c1. The van der Waals surface area contributed by atoms with Gasteiger partial charge in [-0.1, -0.05) is 78.3 Å². The fraction of sp³-hybridized carbons (Fsp3) is 0.257. The lowest BCUT2D eigenvalue weighted by atomic mass is 10.0. The molecule has 0 unspecified atom stereocenters. The average molecular weight is 648 g/mol. The minimum absolute atomic E-state index is 0.0242. The molecule has 0 aliphatic heterocycles. The van der Waals surface area contributed by atoms with Gasteiger partial charge in [-0.15, -0.1) is 0 Å². The fourth-order valence-electron chi connectivity index (χ4n) is 4.81. The van der Waals surface area contributed by atoms with Gasteiger partial charge < -0.3 is 15.0 Å². The molecular formula is C35H38ClN3O5S. The summed E-state index contributed by atoms with van der Waals surface area (Å²) in [5, 5.41) is 3.55. The molecule has 0 aromatic heterocycles. The van der Waals surface area contributed by atoms with Gasteiger partial charge in [0.1, 0.15) is 18.3 Å². The zero-order valence-corrected chi connectivity index (χ0v) is 27.4. The Morgan fingerprint density at radius 3 is 2.07 bits per heavy atom. The molecule has 0 radical (unpaired) electrons. The quantitative estimate of drug-likeness (QED) is 0.201. The van der Waals surface area contributed by atoms with Crippen LogP contribution in [-0.4, -0.2) is 50.4 Å². The number of anilines is 1. The third-order valence-electron chi connectivity index (χ3n) is 6.99. The van der Waals surface area contributed by atoms with Crippen LogP contribution in [0.15, 0.2) is 114 Å². The van der Waals surface area contributed by atoms with E-state index in [4.69, 9.17) is 16.3 Å². The van der Waals surface area contributed by atoms with Crippen molar-refractivity contribution < 1.29 is 22.7 Å². The molecule has 4 rings (SSSR count). The molecule has 4 aromatic carbocycles. The summed E-state index contributed by atoms with van der Waals surface area (Å²) in [5.74, 6) is -0.484. The van der Waals surface area contributed by atoms with Crippen LogP contribution in [0.4, 0.5) is 5.69 Å². The number of ether oxygens (including phenoxy) is 1. The molecule has 0 saturated heterocycles. The summed E-state index contributed by atoms with van der Waals surface area (Å²) < 4.78 is 34.6. The molecule has 1 atom stereocenters. The predicted molar refractivity (Wildman–Crippen MR) is 178 cm³/mol. The summed E-state index contributed by atoms with van der Waals surface area (Å²) in [7, 11) is -2.73. The number of halogens is 1. The standard InChI is InChI=1S/C35H38ClN3O5S/c1-35(2,3)37-34(41)32(22-26-12-7-5-8-13-26)38(24-27-18-20-28(36)21-19-27)33(40)25-39(29-14-11-15-30(23-29)44-4)45(42,43)31-16-9-6-10-17-31/h5-21,23,32H,22,24-25H2,1-4H3,(H,37,41)/t32-/m1/s1. The number of hydrogen-bond acceptors (Lipinski definition) is 5. The molecule has 0 heterocycles. The minimum Gasteiger partial charge on any atom is -0.497 e. The number of nitrogens with one attached hydrogen (secondary N) is 1. The van der Waals surface area contributed by atoms with Crippen LogP contribution in [0, 0.1) is 0 Å². The second kappa shape index (κ2) is 14.6. The van der Waals surface area contributed by atoms with Gasteiger partial charge in [0.15, 0.2) is 0 Å². The lowest BCUT2D eigenvalue weighted by Gasteiger charge is -2.35. The van der Waals surface area contributed by atoms with Crippen LogP contribution in [0.1, 0.15) is 31.9 Å². The first-order chi connectivity index (χ1) is 21.4. The van der Waals surface area contributed by atoms with E-state index in [0.717, 1.165) is 15.4 Å². The Kier molecular flexibility index (Phi) is 10.9. The van der Waals surface area contributed by atoms with Gasteiger partial charge in [0.05, 0.1) is 17.7 Å². The number of methoxy groups -OCH3 is 1. The van der Waals surface area contributed by atoms with Crippen LogP contribution in [-0.2, 0) is 32.6 Å². The van der Waals surface area contributed by atoms with E-state index in [2.05, 4.69) is 5.32 Å². The minimum atomic E-state index is -4.21. The molecule has 0 spiro atoms. The Balaban J connectivity index is 1.82. The molecule has 4 aromatic rings. The summed E-state index contributed by atoms with van der Waals surface area (Å²) in [5.41, 5.74) is 1.25. The van der Waals surface area contributed by atoms with Gasteiger partial charge in [-0.3, -0.25) is 13.9 Å². The predicted octanol–water partition coefficient (Wildman–Crippen LogP) is 6.10. The maximum Gasteiger partial charge on any atom is 0.264 e. The summed E-state index contributed by atoms with van der Waals surface area (Å²) in [6, 6.07) is 29.9. The molecule has 0 aliphatic rings. The number of nitrogens with zero attached hydrogens (tertiary/aromatic N) is 2. The molecule has 2 amide bonds. The zero-order chi connectivity index (χ0) is 32.6. The highest BCUT2D eigenvalue weighted by Crippen LogP contribution is 2.28. The smallest absolute Gasteiger partial charge is 0.264 e. The van der Waals surface area contributed by atoms with Crippen molar-refractivity contribution in [3.05, 3.63) is 125 Å². The first-order valence-corrected chi connectivity index (χ1v) is 16.3. The number of carbonyl (C=O) groups excluding carboxylic acids is 2. The van der Waals surface area contributed by atoms with Crippen LogP contribution >= 0.6 is 11.6 Å². The van der Waals surface area contributed by atoms with Gasteiger partial charge in [-0.2, -0.15) is 0 Å². The fourth-order valence-corrected chi connectivity index (χ4v) is 6.36. The van der Waals surface area contributed by atoms with Crippen molar-refractivity contribution in [3.8, 4) is 5.75 Å². The topological polar surface area (TPSA) is 96.0 Å². The number of rotatable bonds is 12. The van der Waals surface area contributed by atoms with Crippen LogP contribution in [0.5, 0.6) is 5.75 Å². The van der Waals surface area contributed by atoms with Crippen molar-refractivity contribution >= 4 is 39.1 Å². The number of benzene rings is 4. The van der Waals surface area contributed by atoms with Gasteiger partial charge in [-0.05, 0) is 68.3 Å². The van der Waals surface area contributed by atoms with Crippen LogP contribution < -0.4 is 14.4 Å². The molecular weight excluding hydrogens is 610 g/mol. The van der Waals surface area contributed by atoms with Crippen molar-refractivity contribution in [1.29, 1.82) is 0 Å². The van der Waals surface area contributed by atoms with E-state index >= 15 is 0 Å². The molecule has 1 N–H and O–H groups in total. The van der Waals surface area contributed by atoms with E-state index < -0.39 is 34.1 Å². The average Bonchev–Trinajstić information content (AvgIpc) is 3.02. The normalized spacial score (nSPS) is 12.2. The summed E-state index contributed by atoms with van der Waals surface area (Å²) in [6.45, 7) is 5.08. The van der Waals surface area contributed by atoms with Gasteiger partial charge >= 0.3 is 0 Å². The van der Waals surface area contributed by atoms with Gasteiger partial charge in [0, 0.05) is 29.6 Å². The molecule has 45 heavy (non-hydrogen) atoms. The Morgan fingerprint density at radius 1 is 0.844 bits per heavy atom. The lowest BCUT2D eigenvalue weighted by Crippen LogP contribution is -2.56. The van der Waals surface area contributed by atoms with Crippen molar-refractivity contribution in [2.45, 2.75) is 50.2 Å². The Bertz CT molecular complexity index is 1690. The summed E-state index contributed by atoms with van der Waals surface area (Å²) >= 11 is 6.15. The highest BCUT2D eigenvalue weighted by atomic mass is 35.5. The van der Waals surface area contributed by atoms with Crippen molar-refractivity contribution in [2.24, 2.45) is 0 Å². The van der Waals surface area contributed by atoms with E-state index in [0.29, 0.717) is 10.8 Å². The number of hydrogen-bond donors (Lipinski definition) is 1. The highest BCUT2D eigenvalue weighted by molar-refractivity contribution is 7.92. The molecule has 10 heteroatoms. The number of amides is 2. The van der Waals surface area contributed by atoms with Gasteiger partial charge in [0.25, 0.3) is 10.0 Å². The molecule has 0 saturated carbocycles. The number of sulfonamides is 1. The Labute approximate surface area is 270 Å². The lowest BCUT2D eigenvalue weighted by molar-refractivity contribution is -0.140. The van der Waals surface area contributed by atoms with E-state index in [-0.39, 0.29) is 29.5 Å². The molecule has 0 bridgehead atoms. The van der Waals surface area contributed by atoms with Crippen LogP contribution in [0.3, 0.4) is 0 Å². The van der Waals surface area contributed by atoms with Gasteiger partial charge in [-0.25, -0.2) is 8.42 Å². The highest BCUT2D eigenvalue weighted by Gasteiger charge is 2.35. The summed E-state index contributed by atoms with van der Waals surface area (Å²) in [6.07, 6.45) is 0.215. The van der Waals surface area contributed by atoms with Crippen molar-refractivity contribution in [1.82, 2.24) is 10.2 Å². The molecule has 8 nitrogen and oxygen atoms in total. The third-order valence-corrected chi connectivity index (χ3v) is 9.03. The third kappa shape index (κ3) is 9.09. The Morgan fingerprint density at radius 2 is 1.47 bits per heavy atom. The zero-order valence-electron chi connectivity index (χ0n) is 25.8. The first kappa shape index (κ1) is 33.6. The van der Waals surface area contributed by atoms with E-state index in [1.165, 1.54) is 24.1 Å². The van der Waals surface area contributed by atoms with Crippen molar-refractivity contribution in [3.63, 3.8) is 0 Å². The summed E-state index contributed by atoms with van der Waals surface area (Å²) in [4.78, 5) is 29.9. The maximum atomic E-state index is 14.5.